The van der Waals surface area contributed by atoms with Crippen LogP contribution in [-0.2, 0) is 29.7 Å². The number of fused-ring (bicyclic) bond motifs is 1. The van der Waals surface area contributed by atoms with Gasteiger partial charge in [0.05, 0.1) is 47.3 Å². The van der Waals surface area contributed by atoms with Gasteiger partial charge in [-0.15, -0.1) is 0 Å². The summed E-state index contributed by atoms with van der Waals surface area (Å²) in [5.41, 5.74) is -0.906. The van der Waals surface area contributed by atoms with Crippen molar-refractivity contribution in [1.29, 1.82) is 0 Å². The number of nitrogens with zero attached hydrogens (tertiary/aromatic N) is 3. The molecule has 1 amide bonds. The lowest BCUT2D eigenvalue weighted by Gasteiger charge is -2.46. The number of rotatable bonds is 8. The molecule has 4 N–H and O–H groups in total. The van der Waals surface area contributed by atoms with Crippen LogP contribution in [0.5, 0.6) is 5.75 Å². The molecular formula is C29H25F9N4O5. The third-order valence-electron chi connectivity index (χ3n) is 7.53. The predicted octanol–water partition coefficient (Wildman–Crippen LogP) is 7.06. The zero-order valence-electron chi connectivity index (χ0n) is 24.1. The molecule has 1 aliphatic rings. The Morgan fingerprint density at radius 3 is 2.06 bits per heavy atom. The third kappa shape index (κ3) is 7.69. The summed E-state index contributed by atoms with van der Waals surface area (Å²) in [6.45, 7) is 1.03. The molecule has 47 heavy (non-hydrogen) atoms. The summed E-state index contributed by atoms with van der Waals surface area (Å²) in [5.74, 6) is -3.14. The quantitative estimate of drug-likeness (QED) is 0.215. The van der Waals surface area contributed by atoms with Gasteiger partial charge in [0.1, 0.15) is 11.5 Å². The van der Waals surface area contributed by atoms with Crippen LogP contribution in [0.15, 0.2) is 42.6 Å². The van der Waals surface area contributed by atoms with Crippen LogP contribution in [-0.4, -0.2) is 44.5 Å². The first-order valence-electron chi connectivity index (χ1n) is 13.7. The van der Waals surface area contributed by atoms with Crippen molar-refractivity contribution >= 4 is 17.7 Å². The van der Waals surface area contributed by atoms with Crippen LogP contribution in [0.4, 0.5) is 50.0 Å². The van der Waals surface area contributed by atoms with Crippen LogP contribution in [0.2, 0.25) is 0 Å². The number of hydrogen-bond acceptors (Lipinski definition) is 6. The fourth-order valence-corrected chi connectivity index (χ4v) is 5.23. The van der Waals surface area contributed by atoms with Gasteiger partial charge < -0.3 is 20.7 Å². The van der Waals surface area contributed by atoms with Crippen molar-refractivity contribution in [1.82, 2.24) is 9.97 Å². The average molecular weight is 681 g/mol. The second kappa shape index (κ2) is 12.5. The van der Waals surface area contributed by atoms with Crippen LogP contribution < -0.4 is 15.4 Å². The van der Waals surface area contributed by atoms with Crippen LogP contribution in [0, 0.1) is 0 Å². The van der Waals surface area contributed by atoms with Crippen molar-refractivity contribution < 1.29 is 64.1 Å². The Labute approximate surface area is 259 Å². The predicted molar refractivity (Wildman–Crippen MR) is 145 cm³/mol. The minimum Gasteiger partial charge on any atom is -0.489 e. The van der Waals surface area contributed by atoms with E-state index in [1.807, 2.05) is 0 Å². The highest BCUT2D eigenvalue weighted by molar-refractivity contribution is 5.90. The lowest BCUT2D eigenvalue weighted by Crippen LogP contribution is -2.61. The van der Waals surface area contributed by atoms with E-state index in [9.17, 15) is 54.2 Å². The maximum absolute atomic E-state index is 13.7. The van der Waals surface area contributed by atoms with Crippen molar-refractivity contribution in [2.45, 2.75) is 62.7 Å². The van der Waals surface area contributed by atoms with Gasteiger partial charge in [-0.05, 0) is 60.4 Å². The Morgan fingerprint density at radius 2 is 1.55 bits per heavy atom. The summed E-state index contributed by atoms with van der Waals surface area (Å²) in [6, 6.07) is 3.10. The molecular weight excluding hydrogens is 655 g/mol. The number of aromatic nitrogens is 2. The van der Waals surface area contributed by atoms with Gasteiger partial charge in [0.2, 0.25) is 0 Å². The molecule has 2 atom stereocenters. The molecule has 1 aromatic heterocycles. The van der Waals surface area contributed by atoms with E-state index in [4.69, 9.17) is 15.6 Å². The molecule has 1 aliphatic heterocycles. The molecule has 0 spiro atoms. The normalized spacial score (nSPS) is 18.5. The lowest BCUT2D eigenvalue weighted by molar-refractivity contribution is -0.143. The smallest absolute Gasteiger partial charge is 0.416 e. The first-order chi connectivity index (χ1) is 21.6. The van der Waals surface area contributed by atoms with Crippen molar-refractivity contribution in [3.63, 3.8) is 0 Å². The van der Waals surface area contributed by atoms with Gasteiger partial charge in [-0.2, -0.15) is 39.5 Å². The highest BCUT2D eigenvalue weighted by atomic mass is 19.4. The molecule has 0 radical (unpaired) electrons. The maximum Gasteiger partial charge on any atom is 0.416 e. The maximum atomic E-state index is 13.7. The largest absolute Gasteiger partial charge is 0.489 e. The number of nitrogens with two attached hydrogens (primary N) is 1. The zero-order chi connectivity index (χ0) is 35.1. The number of ether oxygens (including phenoxy) is 1. The Kier molecular flexibility index (Phi) is 9.40. The van der Waals surface area contributed by atoms with E-state index in [0.29, 0.717) is 29.2 Å². The molecule has 0 unspecified atom stereocenters. The summed E-state index contributed by atoms with van der Waals surface area (Å²) in [7, 11) is 0. The molecule has 18 heteroatoms. The van der Waals surface area contributed by atoms with Crippen LogP contribution in [0.1, 0.15) is 71.4 Å². The lowest BCUT2D eigenvalue weighted by atomic mass is 9.80. The Bertz CT molecular complexity index is 1640. The first-order valence-corrected chi connectivity index (χ1v) is 13.7. The molecule has 0 aliphatic carbocycles. The van der Waals surface area contributed by atoms with E-state index < -0.39 is 83.9 Å². The number of amides is 1. The number of carboxylic acid groups (broad SMARTS) is 2. The monoisotopic (exact) mass is 680 g/mol. The number of anilines is 1. The highest BCUT2D eigenvalue weighted by Crippen LogP contribution is 2.47. The van der Waals surface area contributed by atoms with Crippen molar-refractivity contribution in [2.24, 2.45) is 5.73 Å². The molecule has 0 saturated carbocycles. The van der Waals surface area contributed by atoms with Gasteiger partial charge in [0.15, 0.2) is 5.75 Å². The Balaban J connectivity index is 1.91. The van der Waals surface area contributed by atoms with Crippen LogP contribution in [0.3, 0.4) is 0 Å². The molecule has 2 aromatic carbocycles. The molecule has 0 fully saturated rings. The van der Waals surface area contributed by atoms with Gasteiger partial charge in [-0.3, -0.25) is 9.69 Å². The van der Waals surface area contributed by atoms with E-state index in [1.54, 1.807) is 0 Å². The van der Waals surface area contributed by atoms with E-state index >= 15 is 0 Å². The number of carbonyl (C=O) groups is 2. The van der Waals surface area contributed by atoms with E-state index in [2.05, 4.69) is 9.97 Å². The second-order valence-electron chi connectivity index (χ2n) is 10.7. The average Bonchev–Trinajstić information content (AvgIpc) is 2.95. The summed E-state index contributed by atoms with van der Waals surface area (Å²) >= 11 is 0. The van der Waals surface area contributed by atoms with Crippen molar-refractivity contribution in [2.75, 3.05) is 11.5 Å². The van der Waals surface area contributed by atoms with Gasteiger partial charge in [-0.25, -0.2) is 14.8 Å². The molecule has 3 aromatic rings. The van der Waals surface area contributed by atoms with Gasteiger partial charge >= 0.3 is 30.6 Å². The fourth-order valence-electron chi connectivity index (χ4n) is 5.23. The highest BCUT2D eigenvalue weighted by Gasteiger charge is 2.47. The van der Waals surface area contributed by atoms with Crippen molar-refractivity contribution in [3.8, 4) is 5.75 Å². The topological polar surface area (TPSA) is 139 Å². The number of halogens is 9. The van der Waals surface area contributed by atoms with Crippen LogP contribution in [0.25, 0.3) is 0 Å². The molecule has 9 nitrogen and oxygen atoms in total. The first kappa shape index (κ1) is 35.2. The standard InChI is InChI=1S/C29H25F9N4O5/c1-2-26(39)12-19(18-11-15(27(30,31)32)3-4-21(18)42(26)25(45)46)24-40-13-22(47-6-5-23(43)44)20(41-24)9-14-7-16(28(33,34)35)10-17(8-14)29(36,37)38/h3-4,7-8,10-11,13,19H,2,5-6,9,12,39H2,1H3,(H,43,44)(H,45,46)/t19-,26+/m0/s1. The summed E-state index contributed by atoms with van der Waals surface area (Å²) < 4.78 is 128. The third-order valence-corrected chi connectivity index (χ3v) is 7.53. The summed E-state index contributed by atoms with van der Waals surface area (Å²) in [4.78, 5) is 32.4. The molecule has 0 saturated heterocycles. The van der Waals surface area contributed by atoms with Gasteiger partial charge in [-0.1, -0.05) is 6.92 Å². The fraction of sp³-hybridized carbons (Fsp3) is 0.379. The van der Waals surface area contributed by atoms with E-state index in [0.717, 1.165) is 12.3 Å². The number of aliphatic carboxylic acids is 1. The Hall–Kier alpha value is -4.61. The number of hydrogen-bond donors (Lipinski definition) is 3. The molecule has 2 heterocycles. The van der Waals surface area contributed by atoms with Gasteiger partial charge in [0, 0.05) is 12.3 Å². The minimum atomic E-state index is -5.17. The summed E-state index contributed by atoms with van der Waals surface area (Å²) in [6.07, 6.45) is -17.5. The minimum absolute atomic E-state index is 0.0377. The number of carboxylic acids is 1. The van der Waals surface area contributed by atoms with Crippen molar-refractivity contribution in [3.05, 3.63) is 81.9 Å². The van der Waals surface area contributed by atoms with E-state index in [-0.39, 0.29) is 47.4 Å². The van der Waals surface area contributed by atoms with Gasteiger partial charge in [0.25, 0.3) is 0 Å². The molecule has 254 valence electrons. The van der Waals surface area contributed by atoms with E-state index in [1.165, 1.54) is 6.92 Å². The van der Waals surface area contributed by atoms with Crippen LogP contribution >= 0.6 is 0 Å². The number of alkyl halides is 9. The number of benzene rings is 2. The second-order valence-corrected chi connectivity index (χ2v) is 10.7. The molecule has 0 bridgehead atoms. The Morgan fingerprint density at radius 1 is 0.957 bits per heavy atom. The SMILES string of the molecule is CC[C@]1(N)C[C@H](c2ncc(OCCC(=O)O)c(Cc3cc(C(F)(F)F)cc(C(F)(F)F)c3)n2)c2cc(C(F)(F)F)ccc2N1C(=O)O. The summed E-state index contributed by atoms with van der Waals surface area (Å²) in [5, 5.41) is 18.9. The molecule has 4 rings (SSSR count). The zero-order valence-corrected chi connectivity index (χ0v) is 24.1.